The maximum atomic E-state index is 10.6. The van der Waals surface area contributed by atoms with Gasteiger partial charge < -0.3 is 22.3 Å². The number of hydrogen-bond donors (Lipinski definition) is 4. The van der Waals surface area contributed by atoms with Gasteiger partial charge in [-0.25, -0.2) is 0 Å². The second-order valence-electron chi connectivity index (χ2n) is 3.23. The summed E-state index contributed by atoms with van der Waals surface area (Å²) in [4.78, 5) is 20.2. The van der Waals surface area contributed by atoms with E-state index in [-0.39, 0.29) is 0 Å². The van der Waals surface area contributed by atoms with Gasteiger partial charge in [-0.2, -0.15) is 0 Å². The lowest BCUT2D eigenvalue weighted by Gasteiger charge is -1.98. The largest absolute Gasteiger partial charge is 0.480 e. The average molecular weight is 260 g/mol. The van der Waals surface area contributed by atoms with E-state index in [1.807, 2.05) is 0 Å². The number of hydrogen-bond acceptors (Lipinski definition) is 4. The Kier molecular flexibility index (Phi) is 6.01. The number of carboxylic acids is 1. The first-order valence-corrected chi connectivity index (χ1v) is 4.96. The Hall–Kier alpha value is -1.79. The molecule has 0 bridgehead atoms. The molecule has 0 radical (unpaired) electrons. The van der Waals surface area contributed by atoms with Crippen LogP contribution in [0.4, 0.5) is 5.69 Å². The Morgan fingerprint density at radius 1 is 1.41 bits per heavy atom. The van der Waals surface area contributed by atoms with Crippen LogP contribution >= 0.6 is 11.6 Å². The smallest absolute Gasteiger partial charge is 0.320 e. The predicted octanol–water partition coefficient (Wildman–Crippen LogP) is 0.439. The van der Waals surface area contributed by atoms with Gasteiger partial charge in [-0.15, -0.1) is 0 Å². The van der Waals surface area contributed by atoms with Crippen LogP contribution in [0.5, 0.6) is 0 Å². The molecule has 0 aliphatic heterocycles. The van der Waals surface area contributed by atoms with Crippen LogP contribution in [0.25, 0.3) is 0 Å². The molecule has 0 unspecified atom stereocenters. The zero-order chi connectivity index (χ0) is 13.6. The third-order valence-electron chi connectivity index (χ3n) is 1.67. The highest BCUT2D eigenvalue weighted by Crippen LogP contribution is 2.18. The third kappa shape index (κ3) is 5.74. The highest BCUT2D eigenvalue weighted by atomic mass is 35.5. The van der Waals surface area contributed by atoms with Crippen LogP contribution in [0.15, 0.2) is 18.2 Å². The maximum Gasteiger partial charge on any atom is 0.320 e. The average Bonchev–Trinajstić information content (AvgIpc) is 2.22. The Bertz CT molecular complexity index is 421. The van der Waals surface area contributed by atoms with Crippen LogP contribution in [-0.4, -0.2) is 23.0 Å². The number of primary amides is 1. The van der Waals surface area contributed by atoms with E-state index >= 15 is 0 Å². The van der Waals surface area contributed by atoms with E-state index < -0.39 is 17.9 Å². The Morgan fingerprint density at radius 3 is 2.18 bits per heavy atom. The van der Waals surface area contributed by atoms with Gasteiger partial charge in [0.1, 0.15) is 6.04 Å². The van der Waals surface area contributed by atoms with Crippen LogP contribution in [0.3, 0.4) is 0 Å². The summed E-state index contributed by atoms with van der Waals surface area (Å²) in [6.07, 6.45) is 0. The quantitative estimate of drug-likeness (QED) is 0.572. The van der Waals surface area contributed by atoms with Crippen molar-refractivity contribution in [2.45, 2.75) is 13.0 Å². The number of amides is 1. The minimum atomic E-state index is -0.963. The van der Waals surface area contributed by atoms with Gasteiger partial charge >= 0.3 is 5.97 Å². The van der Waals surface area contributed by atoms with Crippen LogP contribution in [-0.2, 0) is 4.79 Å². The molecule has 1 rings (SSSR count). The molecule has 1 amide bonds. The summed E-state index contributed by atoms with van der Waals surface area (Å²) in [7, 11) is 0. The fourth-order valence-corrected chi connectivity index (χ4v) is 0.861. The lowest BCUT2D eigenvalue weighted by Crippen LogP contribution is -2.25. The van der Waals surface area contributed by atoms with E-state index in [1.54, 1.807) is 6.07 Å². The van der Waals surface area contributed by atoms with Crippen molar-refractivity contribution < 1.29 is 14.7 Å². The molecule has 6 nitrogen and oxygen atoms in total. The van der Waals surface area contributed by atoms with Crippen molar-refractivity contribution in [1.29, 1.82) is 0 Å². The molecular weight excluding hydrogens is 246 g/mol. The van der Waals surface area contributed by atoms with Gasteiger partial charge in [0.2, 0.25) is 5.91 Å². The Morgan fingerprint density at radius 2 is 1.88 bits per heavy atom. The molecule has 7 N–H and O–H groups in total. The number of nitrogens with two attached hydrogens (primary N) is 3. The Balaban J connectivity index is 0.000000366. The predicted molar refractivity (Wildman–Crippen MR) is 65.7 cm³/mol. The number of anilines is 1. The number of halogens is 1. The minimum absolute atomic E-state index is 0.348. The van der Waals surface area contributed by atoms with Crippen molar-refractivity contribution in [1.82, 2.24) is 0 Å². The van der Waals surface area contributed by atoms with Gasteiger partial charge in [0.15, 0.2) is 0 Å². The molecule has 7 heteroatoms. The first kappa shape index (κ1) is 15.2. The molecule has 0 fully saturated rings. The number of carboxylic acid groups (broad SMARTS) is 1. The van der Waals surface area contributed by atoms with Gasteiger partial charge in [-0.3, -0.25) is 9.59 Å². The molecule has 0 saturated carbocycles. The lowest BCUT2D eigenvalue weighted by atomic mass is 10.2. The van der Waals surface area contributed by atoms with E-state index in [0.29, 0.717) is 16.3 Å². The summed E-state index contributed by atoms with van der Waals surface area (Å²) in [6.45, 7) is 1.42. The summed E-state index contributed by atoms with van der Waals surface area (Å²) >= 11 is 5.63. The summed E-state index contributed by atoms with van der Waals surface area (Å²) in [6, 6.07) is 3.79. The second-order valence-corrected chi connectivity index (χ2v) is 3.63. The number of rotatable bonds is 2. The van der Waals surface area contributed by atoms with Gasteiger partial charge in [0.25, 0.3) is 0 Å². The second kappa shape index (κ2) is 6.72. The lowest BCUT2D eigenvalue weighted by molar-refractivity contribution is -0.138. The zero-order valence-corrected chi connectivity index (χ0v) is 9.94. The van der Waals surface area contributed by atoms with Gasteiger partial charge in [0, 0.05) is 5.56 Å². The molecule has 94 valence electrons. The van der Waals surface area contributed by atoms with E-state index in [9.17, 15) is 9.59 Å². The zero-order valence-electron chi connectivity index (χ0n) is 9.18. The Labute approximate surface area is 103 Å². The summed E-state index contributed by atoms with van der Waals surface area (Å²) in [5.41, 5.74) is 16.0. The standard InChI is InChI=1S/C7H7ClN2O.C3H7NO2/c8-5-3-4(7(10)11)1-2-6(5)9;1-2(4)3(5)6/h1-3H,9H2,(H2,10,11);2H,4H2,1H3,(H,5,6)/t;2-/m.0/s1. The summed E-state index contributed by atoms with van der Waals surface area (Å²) < 4.78 is 0. The van der Waals surface area contributed by atoms with E-state index in [1.165, 1.54) is 19.1 Å². The molecule has 0 heterocycles. The number of carbonyl (C=O) groups excluding carboxylic acids is 1. The first-order valence-electron chi connectivity index (χ1n) is 4.59. The number of benzene rings is 1. The first-order chi connectivity index (χ1) is 7.75. The number of carbonyl (C=O) groups is 2. The number of aliphatic carboxylic acids is 1. The molecule has 0 aromatic heterocycles. The van der Waals surface area contributed by atoms with Crippen LogP contribution in [0.2, 0.25) is 5.02 Å². The van der Waals surface area contributed by atoms with Crippen molar-refractivity contribution in [2.24, 2.45) is 11.5 Å². The third-order valence-corrected chi connectivity index (χ3v) is 2.00. The molecule has 0 aliphatic rings. The molecule has 0 spiro atoms. The highest BCUT2D eigenvalue weighted by Gasteiger charge is 2.02. The molecule has 1 aromatic rings. The normalized spacial score (nSPS) is 11.0. The van der Waals surface area contributed by atoms with Crippen molar-refractivity contribution in [3.05, 3.63) is 28.8 Å². The van der Waals surface area contributed by atoms with Crippen molar-refractivity contribution in [2.75, 3.05) is 5.73 Å². The van der Waals surface area contributed by atoms with E-state index in [2.05, 4.69) is 0 Å². The van der Waals surface area contributed by atoms with Gasteiger partial charge in [-0.1, -0.05) is 11.6 Å². The molecule has 1 aromatic carbocycles. The molecule has 0 aliphatic carbocycles. The van der Waals surface area contributed by atoms with Crippen LogP contribution < -0.4 is 17.2 Å². The SMILES string of the molecule is C[C@H](N)C(=O)O.NC(=O)c1ccc(N)c(Cl)c1. The minimum Gasteiger partial charge on any atom is -0.480 e. The fourth-order valence-electron chi connectivity index (χ4n) is 0.680. The topological polar surface area (TPSA) is 132 Å². The van der Waals surface area contributed by atoms with Crippen molar-refractivity contribution in [3.8, 4) is 0 Å². The van der Waals surface area contributed by atoms with Crippen LogP contribution in [0.1, 0.15) is 17.3 Å². The maximum absolute atomic E-state index is 10.6. The monoisotopic (exact) mass is 259 g/mol. The number of nitrogen functional groups attached to an aromatic ring is 1. The highest BCUT2D eigenvalue weighted by molar-refractivity contribution is 6.33. The van der Waals surface area contributed by atoms with Gasteiger partial charge in [0.05, 0.1) is 10.7 Å². The van der Waals surface area contributed by atoms with Crippen molar-refractivity contribution in [3.63, 3.8) is 0 Å². The summed E-state index contributed by atoms with van der Waals surface area (Å²) in [5, 5.41) is 8.21. The van der Waals surface area contributed by atoms with E-state index in [0.717, 1.165) is 0 Å². The van der Waals surface area contributed by atoms with Crippen molar-refractivity contribution >= 4 is 29.2 Å². The summed E-state index contributed by atoms with van der Waals surface area (Å²) in [5.74, 6) is -1.47. The molecule has 0 saturated heterocycles. The molecular formula is C10H14ClN3O3. The van der Waals surface area contributed by atoms with Gasteiger partial charge in [-0.05, 0) is 25.1 Å². The van der Waals surface area contributed by atoms with Crippen LogP contribution in [0, 0.1) is 0 Å². The van der Waals surface area contributed by atoms with E-state index in [4.69, 9.17) is 33.9 Å². The molecule has 17 heavy (non-hydrogen) atoms. The fraction of sp³-hybridized carbons (Fsp3) is 0.200. The molecule has 1 atom stereocenters.